The van der Waals surface area contributed by atoms with Crippen LogP contribution in [0.4, 0.5) is 0 Å². The minimum atomic E-state index is -1.76. The molecule has 0 aromatic carbocycles. The number of carbonyl (C=O) groups is 1. The van der Waals surface area contributed by atoms with Gasteiger partial charge in [-0.1, -0.05) is 52.7 Å². The Kier molecular flexibility index (Phi) is 5.39. The normalized spacial score (nSPS) is 36.8. The van der Waals surface area contributed by atoms with Crippen LogP contribution in [0.3, 0.4) is 0 Å². The molecule has 0 radical (unpaired) electrons. The zero-order chi connectivity index (χ0) is 20.3. The predicted octanol–water partition coefficient (Wildman–Crippen LogP) is 6.91. The van der Waals surface area contributed by atoms with E-state index in [1.54, 1.807) is 11.1 Å². The fourth-order valence-electron chi connectivity index (χ4n) is 6.24. The average molecular weight is 391 g/mol. The van der Waals surface area contributed by atoms with Crippen molar-refractivity contribution in [3.63, 3.8) is 0 Å². The molecule has 2 nitrogen and oxygen atoms in total. The first kappa shape index (κ1) is 21.3. The van der Waals surface area contributed by atoms with Gasteiger partial charge in [0.1, 0.15) is 6.29 Å². The van der Waals surface area contributed by atoms with E-state index in [1.165, 1.54) is 32.0 Å². The fraction of sp³-hybridized carbons (Fsp3) is 0.875. The minimum Gasteiger partial charge on any atom is -0.413 e. The first-order chi connectivity index (χ1) is 12.3. The van der Waals surface area contributed by atoms with Crippen molar-refractivity contribution in [3.8, 4) is 0 Å². The van der Waals surface area contributed by atoms with Crippen LogP contribution < -0.4 is 0 Å². The van der Waals surface area contributed by atoms with E-state index in [2.05, 4.69) is 54.6 Å². The maximum atomic E-state index is 11.3. The number of allylic oxidation sites excluding steroid dienone is 2. The second-order valence-electron chi connectivity index (χ2n) is 12.0. The molecule has 0 bridgehead atoms. The first-order valence-corrected chi connectivity index (χ1v) is 14.1. The smallest absolute Gasteiger partial charge is 0.192 e. The van der Waals surface area contributed by atoms with Crippen molar-refractivity contribution in [1.29, 1.82) is 0 Å². The summed E-state index contributed by atoms with van der Waals surface area (Å²) in [4.78, 5) is 11.3. The van der Waals surface area contributed by atoms with E-state index in [9.17, 15) is 4.79 Å². The summed E-state index contributed by atoms with van der Waals surface area (Å²) in [5, 5.41) is 0.263. The summed E-state index contributed by atoms with van der Waals surface area (Å²) >= 11 is 0. The van der Waals surface area contributed by atoms with Crippen molar-refractivity contribution in [2.45, 2.75) is 111 Å². The first-order valence-electron chi connectivity index (χ1n) is 11.2. The number of aldehydes is 1. The van der Waals surface area contributed by atoms with Crippen LogP contribution in [0, 0.1) is 22.7 Å². The number of rotatable bonds is 3. The summed E-state index contributed by atoms with van der Waals surface area (Å²) in [7, 11) is -1.76. The van der Waals surface area contributed by atoms with E-state index in [0.29, 0.717) is 17.4 Å². The van der Waals surface area contributed by atoms with Gasteiger partial charge < -0.3 is 9.22 Å². The Morgan fingerprint density at radius 2 is 1.74 bits per heavy atom. The Bertz CT molecular complexity index is 625. The van der Waals surface area contributed by atoms with Gasteiger partial charge in [-0.25, -0.2) is 0 Å². The van der Waals surface area contributed by atoms with Crippen molar-refractivity contribution >= 4 is 14.6 Å². The predicted molar refractivity (Wildman–Crippen MR) is 116 cm³/mol. The summed E-state index contributed by atoms with van der Waals surface area (Å²) < 4.78 is 7.00. The monoisotopic (exact) mass is 390 g/mol. The molecular formula is C24H42O2Si. The van der Waals surface area contributed by atoms with Gasteiger partial charge >= 0.3 is 0 Å². The molecule has 1 fully saturated rings. The Balaban J connectivity index is 1.87. The Hall–Kier alpha value is -0.413. The second-order valence-corrected chi connectivity index (χ2v) is 16.7. The molecule has 0 aromatic rings. The molecule has 0 aromatic heterocycles. The van der Waals surface area contributed by atoms with Gasteiger partial charge in [-0.05, 0) is 79.8 Å². The molecule has 154 valence electrons. The van der Waals surface area contributed by atoms with Gasteiger partial charge in [-0.3, -0.25) is 0 Å². The molecule has 0 spiro atoms. The molecule has 3 aliphatic rings. The molecule has 0 N–H and O–H groups in total. The van der Waals surface area contributed by atoms with Gasteiger partial charge in [-0.2, -0.15) is 0 Å². The Morgan fingerprint density at radius 1 is 1.07 bits per heavy atom. The molecule has 0 saturated heterocycles. The summed E-state index contributed by atoms with van der Waals surface area (Å²) in [6, 6.07) is 0. The lowest BCUT2D eigenvalue weighted by Gasteiger charge is -2.60. The van der Waals surface area contributed by atoms with Crippen LogP contribution in [0.5, 0.6) is 0 Å². The van der Waals surface area contributed by atoms with Crippen LogP contribution in [0.1, 0.15) is 86.5 Å². The molecule has 0 heterocycles. The molecule has 3 heteroatoms. The van der Waals surface area contributed by atoms with Crippen molar-refractivity contribution in [1.82, 2.24) is 0 Å². The molecule has 27 heavy (non-hydrogen) atoms. The highest BCUT2D eigenvalue weighted by molar-refractivity contribution is 6.74. The number of hydrogen-bond acceptors (Lipinski definition) is 2. The van der Waals surface area contributed by atoms with Crippen LogP contribution in [-0.2, 0) is 9.22 Å². The van der Waals surface area contributed by atoms with Crippen molar-refractivity contribution in [2.24, 2.45) is 22.7 Å². The van der Waals surface area contributed by atoms with Crippen LogP contribution in [-0.4, -0.2) is 20.7 Å². The van der Waals surface area contributed by atoms with Gasteiger partial charge in [0.25, 0.3) is 0 Å². The van der Waals surface area contributed by atoms with Crippen LogP contribution in [0.2, 0.25) is 18.1 Å². The minimum absolute atomic E-state index is 0.211. The number of fused-ring (bicyclic) bond motifs is 2. The molecule has 3 rings (SSSR count). The summed E-state index contributed by atoms with van der Waals surface area (Å²) in [5.41, 5.74) is 3.90. The van der Waals surface area contributed by atoms with Crippen LogP contribution >= 0.6 is 0 Å². The van der Waals surface area contributed by atoms with E-state index in [0.717, 1.165) is 19.3 Å². The third kappa shape index (κ3) is 3.52. The molecule has 3 aliphatic carbocycles. The molecule has 0 amide bonds. The number of carbonyl (C=O) groups excluding carboxylic acids is 1. The molecular weight excluding hydrogens is 348 g/mol. The zero-order valence-corrected chi connectivity index (χ0v) is 20.1. The SMILES string of the molecule is CC1(C)[C@@H](O[Si](C)(C)C(C)(C)C)CC[C@]2(C)C3=C(CC[C@@H]12)CC(C=O)CC3. The van der Waals surface area contributed by atoms with Gasteiger partial charge in [0.05, 0.1) is 6.10 Å². The van der Waals surface area contributed by atoms with E-state index in [4.69, 9.17) is 4.43 Å². The molecule has 1 unspecified atom stereocenters. The topological polar surface area (TPSA) is 26.3 Å². The van der Waals surface area contributed by atoms with Crippen molar-refractivity contribution in [3.05, 3.63) is 11.1 Å². The van der Waals surface area contributed by atoms with Gasteiger partial charge in [-0.15, -0.1) is 0 Å². The average Bonchev–Trinajstić information content (AvgIpc) is 2.56. The maximum absolute atomic E-state index is 11.3. The van der Waals surface area contributed by atoms with Crippen LogP contribution in [0.15, 0.2) is 11.1 Å². The lowest BCUT2D eigenvalue weighted by Crippen LogP contribution is -2.56. The molecule has 0 aliphatic heterocycles. The van der Waals surface area contributed by atoms with Gasteiger partial charge in [0.15, 0.2) is 8.32 Å². The van der Waals surface area contributed by atoms with Gasteiger partial charge in [0, 0.05) is 5.92 Å². The molecule has 4 atom stereocenters. The summed E-state index contributed by atoms with van der Waals surface area (Å²) in [5.74, 6) is 0.968. The van der Waals surface area contributed by atoms with E-state index in [-0.39, 0.29) is 16.4 Å². The highest BCUT2D eigenvalue weighted by Crippen LogP contribution is 2.62. The summed E-state index contributed by atoms with van der Waals surface area (Å²) in [6.45, 7) is 19.4. The molecule has 1 saturated carbocycles. The number of hydrogen-bond donors (Lipinski definition) is 0. The van der Waals surface area contributed by atoms with Crippen molar-refractivity contribution in [2.75, 3.05) is 0 Å². The van der Waals surface area contributed by atoms with Crippen LogP contribution in [0.25, 0.3) is 0 Å². The van der Waals surface area contributed by atoms with E-state index >= 15 is 0 Å². The highest BCUT2D eigenvalue weighted by atomic mass is 28.4. The maximum Gasteiger partial charge on any atom is 0.192 e. The van der Waals surface area contributed by atoms with Crippen molar-refractivity contribution < 1.29 is 9.22 Å². The van der Waals surface area contributed by atoms with E-state index < -0.39 is 8.32 Å². The largest absolute Gasteiger partial charge is 0.413 e. The standard InChI is InChI=1S/C24H42O2Si/c1-22(2,3)27(7,8)26-21-13-14-24(6)19-11-9-17(16-25)15-18(19)10-12-20(24)23(21,4)5/h16-17,20-21H,9-15H2,1-8H3/t17?,20-,21-,24+/m0/s1. The third-order valence-electron chi connectivity index (χ3n) is 8.98. The quantitative estimate of drug-likeness (QED) is 0.297. The third-order valence-corrected chi connectivity index (χ3v) is 13.5. The zero-order valence-electron chi connectivity index (χ0n) is 19.1. The van der Waals surface area contributed by atoms with E-state index in [1.807, 2.05) is 0 Å². The second kappa shape index (κ2) is 6.83. The lowest BCUT2D eigenvalue weighted by molar-refractivity contribution is -0.111. The fourth-order valence-corrected chi connectivity index (χ4v) is 7.73. The highest BCUT2D eigenvalue weighted by Gasteiger charge is 2.56. The Morgan fingerprint density at radius 3 is 2.33 bits per heavy atom. The lowest BCUT2D eigenvalue weighted by atomic mass is 9.48. The Labute approximate surface area is 168 Å². The van der Waals surface area contributed by atoms with Gasteiger partial charge in [0.2, 0.25) is 0 Å². The summed E-state index contributed by atoms with van der Waals surface area (Å²) in [6.07, 6.45) is 9.74.